The third-order valence-electron chi connectivity index (χ3n) is 2.79. The molecule has 0 spiro atoms. The van der Waals surface area contributed by atoms with Gasteiger partial charge in [0.25, 0.3) is 0 Å². The Bertz CT molecular complexity index is 553. The SMILES string of the molecule is C[C@H](N)c1ccc(OCc2ccc(Br)cc2)c(Br)c1. The number of ether oxygens (including phenoxy) is 1. The second kappa shape index (κ2) is 6.55. The second-order valence-corrected chi connectivity index (χ2v) is 6.16. The fourth-order valence-corrected chi connectivity index (χ4v) is 2.43. The van der Waals surface area contributed by atoms with E-state index in [2.05, 4.69) is 31.9 Å². The van der Waals surface area contributed by atoms with Gasteiger partial charge in [-0.3, -0.25) is 0 Å². The number of hydrogen-bond acceptors (Lipinski definition) is 2. The summed E-state index contributed by atoms with van der Waals surface area (Å²) < 4.78 is 7.79. The van der Waals surface area contributed by atoms with Gasteiger partial charge in [0.2, 0.25) is 0 Å². The summed E-state index contributed by atoms with van der Waals surface area (Å²) in [5.41, 5.74) is 8.06. The van der Waals surface area contributed by atoms with E-state index in [4.69, 9.17) is 10.5 Å². The molecule has 2 rings (SSSR count). The van der Waals surface area contributed by atoms with Crippen LogP contribution >= 0.6 is 31.9 Å². The summed E-state index contributed by atoms with van der Waals surface area (Å²) in [5, 5.41) is 0. The summed E-state index contributed by atoms with van der Waals surface area (Å²) in [6.45, 7) is 2.51. The van der Waals surface area contributed by atoms with Crippen molar-refractivity contribution < 1.29 is 4.74 Å². The molecule has 19 heavy (non-hydrogen) atoms. The minimum Gasteiger partial charge on any atom is -0.488 e. The van der Waals surface area contributed by atoms with Gasteiger partial charge in [0.15, 0.2) is 0 Å². The van der Waals surface area contributed by atoms with Crippen molar-refractivity contribution in [2.75, 3.05) is 0 Å². The fourth-order valence-electron chi connectivity index (χ4n) is 1.66. The number of rotatable bonds is 4. The summed E-state index contributed by atoms with van der Waals surface area (Å²) in [4.78, 5) is 0. The van der Waals surface area contributed by atoms with Crippen molar-refractivity contribution in [1.29, 1.82) is 0 Å². The summed E-state index contributed by atoms with van der Waals surface area (Å²) in [6, 6.07) is 14.1. The Morgan fingerprint density at radius 1 is 1.11 bits per heavy atom. The lowest BCUT2D eigenvalue weighted by atomic mass is 10.1. The van der Waals surface area contributed by atoms with Crippen LogP contribution in [-0.2, 0) is 6.61 Å². The summed E-state index contributed by atoms with van der Waals surface area (Å²) in [6.07, 6.45) is 0. The predicted octanol–water partition coefficient (Wildman–Crippen LogP) is 4.81. The van der Waals surface area contributed by atoms with Crippen LogP contribution in [0.2, 0.25) is 0 Å². The number of halogens is 2. The monoisotopic (exact) mass is 383 g/mol. The molecule has 0 saturated carbocycles. The molecule has 0 saturated heterocycles. The topological polar surface area (TPSA) is 35.2 Å². The van der Waals surface area contributed by atoms with Crippen LogP contribution in [0.1, 0.15) is 24.1 Å². The van der Waals surface area contributed by atoms with Crippen molar-refractivity contribution in [1.82, 2.24) is 0 Å². The summed E-state index contributed by atoms with van der Waals surface area (Å²) in [7, 11) is 0. The van der Waals surface area contributed by atoms with Gasteiger partial charge in [-0.1, -0.05) is 34.1 Å². The largest absolute Gasteiger partial charge is 0.488 e. The number of hydrogen-bond donors (Lipinski definition) is 1. The molecule has 4 heteroatoms. The van der Waals surface area contributed by atoms with E-state index in [0.717, 1.165) is 25.8 Å². The first kappa shape index (κ1) is 14.6. The average molecular weight is 385 g/mol. The highest BCUT2D eigenvalue weighted by atomic mass is 79.9. The van der Waals surface area contributed by atoms with Crippen LogP contribution in [0.15, 0.2) is 51.4 Å². The van der Waals surface area contributed by atoms with Crippen LogP contribution in [0.3, 0.4) is 0 Å². The van der Waals surface area contributed by atoms with Crippen molar-refractivity contribution in [3.8, 4) is 5.75 Å². The van der Waals surface area contributed by atoms with Gasteiger partial charge in [-0.25, -0.2) is 0 Å². The minimum atomic E-state index is 0.0248. The maximum absolute atomic E-state index is 5.85. The molecule has 1 atom stereocenters. The average Bonchev–Trinajstić information content (AvgIpc) is 2.39. The second-order valence-electron chi connectivity index (χ2n) is 4.39. The third kappa shape index (κ3) is 4.06. The van der Waals surface area contributed by atoms with E-state index < -0.39 is 0 Å². The highest BCUT2D eigenvalue weighted by Crippen LogP contribution is 2.28. The quantitative estimate of drug-likeness (QED) is 0.820. The van der Waals surface area contributed by atoms with Gasteiger partial charge in [-0.15, -0.1) is 0 Å². The molecule has 2 aromatic carbocycles. The van der Waals surface area contributed by atoms with Crippen molar-refractivity contribution in [3.05, 3.63) is 62.5 Å². The number of nitrogens with two attached hydrogens (primary N) is 1. The molecule has 0 aliphatic rings. The van der Waals surface area contributed by atoms with E-state index in [-0.39, 0.29) is 6.04 Å². The van der Waals surface area contributed by atoms with Gasteiger partial charge in [0.05, 0.1) is 4.47 Å². The van der Waals surface area contributed by atoms with Crippen LogP contribution in [0.25, 0.3) is 0 Å². The van der Waals surface area contributed by atoms with Crippen LogP contribution < -0.4 is 10.5 Å². The lowest BCUT2D eigenvalue weighted by Crippen LogP contribution is -2.05. The maximum Gasteiger partial charge on any atom is 0.134 e. The molecule has 0 amide bonds. The van der Waals surface area contributed by atoms with E-state index in [1.807, 2.05) is 49.4 Å². The standard InChI is InChI=1S/C15H15Br2NO/c1-10(18)12-4-7-15(14(17)8-12)19-9-11-2-5-13(16)6-3-11/h2-8,10H,9,18H2,1H3/t10-/m0/s1. The van der Waals surface area contributed by atoms with Crippen molar-refractivity contribution in [3.63, 3.8) is 0 Å². The Kier molecular flexibility index (Phi) is 5.02. The van der Waals surface area contributed by atoms with Crippen molar-refractivity contribution in [2.45, 2.75) is 19.6 Å². The molecule has 0 unspecified atom stereocenters. The Balaban J connectivity index is 2.05. The lowest BCUT2D eigenvalue weighted by Gasteiger charge is -2.11. The molecule has 0 aliphatic heterocycles. The smallest absolute Gasteiger partial charge is 0.134 e. The van der Waals surface area contributed by atoms with Crippen LogP contribution in [0, 0.1) is 0 Å². The molecular weight excluding hydrogens is 370 g/mol. The highest BCUT2D eigenvalue weighted by molar-refractivity contribution is 9.10. The van der Waals surface area contributed by atoms with E-state index in [1.54, 1.807) is 0 Å². The first-order chi connectivity index (χ1) is 9.06. The van der Waals surface area contributed by atoms with Crippen LogP contribution in [-0.4, -0.2) is 0 Å². The minimum absolute atomic E-state index is 0.0248. The number of benzene rings is 2. The molecule has 2 aromatic rings. The fraction of sp³-hybridized carbons (Fsp3) is 0.200. The van der Waals surface area contributed by atoms with Gasteiger partial charge in [0.1, 0.15) is 12.4 Å². The summed E-state index contributed by atoms with van der Waals surface area (Å²) in [5.74, 6) is 0.826. The van der Waals surface area contributed by atoms with E-state index in [0.29, 0.717) is 6.61 Å². The maximum atomic E-state index is 5.85. The molecule has 100 valence electrons. The Labute approximate surface area is 130 Å². The lowest BCUT2D eigenvalue weighted by molar-refractivity contribution is 0.304. The molecule has 0 heterocycles. The zero-order chi connectivity index (χ0) is 13.8. The van der Waals surface area contributed by atoms with Crippen LogP contribution in [0.4, 0.5) is 0 Å². The van der Waals surface area contributed by atoms with Gasteiger partial charge in [-0.05, 0) is 58.2 Å². The zero-order valence-corrected chi connectivity index (χ0v) is 13.7. The molecule has 2 nitrogen and oxygen atoms in total. The van der Waals surface area contributed by atoms with Gasteiger partial charge >= 0.3 is 0 Å². The Morgan fingerprint density at radius 2 is 1.79 bits per heavy atom. The van der Waals surface area contributed by atoms with E-state index in [1.165, 1.54) is 0 Å². The molecule has 0 bridgehead atoms. The summed E-state index contributed by atoms with van der Waals surface area (Å²) >= 11 is 6.93. The predicted molar refractivity (Wildman–Crippen MR) is 85.2 cm³/mol. The zero-order valence-electron chi connectivity index (χ0n) is 10.6. The van der Waals surface area contributed by atoms with Crippen molar-refractivity contribution >= 4 is 31.9 Å². The molecule has 0 fully saturated rings. The first-order valence-corrected chi connectivity index (χ1v) is 7.57. The van der Waals surface area contributed by atoms with Crippen LogP contribution in [0.5, 0.6) is 5.75 Å². The molecular formula is C15H15Br2NO. The molecule has 0 aliphatic carbocycles. The first-order valence-electron chi connectivity index (χ1n) is 5.98. The molecule has 2 N–H and O–H groups in total. The van der Waals surface area contributed by atoms with Gasteiger partial charge in [0, 0.05) is 10.5 Å². The molecule has 0 radical (unpaired) electrons. The van der Waals surface area contributed by atoms with E-state index in [9.17, 15) is 0 Å². The normalized spacial score (nSPS) is 12.2. The Morgan fingerprint density at radius 3 is 2.37 bits per heavy atom. The highest BCUT2D eigenvalue weighted by Gasteiger charge is 2.05. The third-order valence-corrected chi connectivity index (χ3v) is 3.94. The molecule has 0 aromatic heterocycles. The van der Waals surface area contributed by atoms with Gasteiger partial charge in [-0.2, -0.15) is 0 Å². The van der Waals surface area contributed by atoms with Crippen molar-refractivity contribution in [2.24, 2.45) is 5.73 Å². The van der Waals surface area contributed by atoms with Gasteiger partial charge < -0.3 is 10.5 Å². The van der Waals surface area contributed by atoms with E-state index >= 15 is 0 Å². The Hall–Kier alpha value is -0.840.